The summed E-state index contributed by atoms with van der Waals surface area (Å²) in [7, 11) is 0. The number of hydrogen-bond acceptors (Lipinski definition) is 2. The van der Waals surface area contributed by atoms with E-state index in [-0.39, 0.29) is 16.6 Å². The van der Waals surface area contributed by atoms with E-state index in [0.29, 0.717) is 23.4 Å². The summed E-state index contributed by atoms with van der Waals surface area (Å²) < 4.78 is 0. The Morgan fingerprint density at radius 3 is 2.16 bits per heavy atom. The van der Waals surface area contributed by atoms with Crippen molar-refractivity contribution in [1.29, 1.82) is 0 Å². The summed E-state index contributed by atoms with van der Waals surface area (Å²) in [6.07, 6.45) is 6.62. The number of unbranched alkanes of at least 4 members (excludes halogenated alkanes) is 1. The molecule has 3 nitrogen and oxygen atoms in total. The topological polar surface area (TPSA) is 57.5 Å². The fourth-order valence-electron chi connectivity index (χ4n) is 4.73. The van der Waals surface area contributed by atoms with Gasteiger partial charge in [0.1, 0.15) is 5.75 Å². The zero-order valence-corrected chi connectivity index (χ0v) is 21.2. The minimum absolute atomic E-state index is 0.134. The summed E-state index contributed by atoms with van der Waals surface area (Å²) >= 11 is 6.82. The number of carboxylic acid groups (broad SMARTS) is 1. The number of allylic oxidation sites excluding steroid dienone is 3. The first-order valence-electron chi connectivity index (χ1n) is 11.4. The van der Waals surface area contributed by atoms with E-state index in [1.54, 1.807) is 12.2 Å². The molecule has 0 fully saturated rings. The highest BCUT2D eigenvalue weighted by atomic mass is 35.5. The van der Waals surface area contributed by atoms with Crippen LogP contribution < -0.4 is 0 Å². The van der Waals surface area contributed by atoms with Crippen LogP contribution in [0.3, 0.4) is 0 Å². The van der Waals surface area contributed by atoms with Crippen LogP contribution in [0.25, 0.3) is 5.57 Å². The SMILES string of the molecule is CCCCC1(CC)C(c2cc(C(C)(C)C)cc(C(C)(C)C)c2O)=C(Cl)C=CC1C(=O)O. The van der Waals surface area contributed by atoms with E-state index in [2.05, 4.69) is 54.5 Å². The zero-order chi connectivity index (χ0) is 23.8. The van der Waals surface area contributed by atoms with Crippen LogP contribution in [0.15, 0.2) is 29.3 Å². The maximum Gasteiger partial charge on any atom is 0.311 e. The number of carbonyl (C=O) groups is 1. The van der Waals surface area contributed by atoms with Crippen LogP contribution >= 0.6 is 11.6 Å². The summed E-state index contributed by atoms with van der Waals surface area (Å²) in [4.78, 5) is 12.3. The van der Waals surface area contributed by atoms with Crippen LogP contribution in [-0.4, -0.2) is 16.2 Å². The zero-order valence-electron chi connectivity index (χ0n) is 20.4. The average Bonchev–Trinajstić information content (AvgIpc) is 2.64. The van der Waals surface area contributed by atoms with Gasteiger partial charge in [0.25, 0.3) is 0 Å². The molecule has 0 radical (unpaired) electrons. The molecule has 1 aromatic rings. The second-order valence-electron chi connectivity index (χ2n) is 10.9. The first-order chi connectivity index (χ1) is 14.2. The number of phenols is 1. The fourth-order valence-corrected chi connectivity index (χ4v) is 5.10. The van der Waals surface area contributed by atoms with Crippen molar-refractivity contribution in [2.24, 2.45) is 11.3 Å². The van der Waals surface area contributed by atoms with Gasteiger partial charge in [-0.1, -0.05) is 92.0 Å². The van der Waals surface area contributed by atoms with Crippen LogP contribution in [0.2, 0.25) is 0 Å². The van der Waals surface area contributed by atoms with Crippen molar-refractivity contribution in [2.75, 3.05) is 0 Å². The summed E-state index contributed by atoms with van der Waals surface area (Å²) in [5.41, 5.74) is 2.33. The predicted octanol–water partition coefficient (Wildman–Crippen LogP) is 7.79. The molecule has 0 saturated heterocycles. The van der Waals surface area contributed by atoms with Crippen LogP contribution in [0.4, 0.5) is 0 Å². The predicted molar refractivity (Wildman–Crippen MR) is 131 cm³/mol. The number of carboxylic acids is 1. The Balaban J connectivity index is 2.96. The van der Waals surface area contributed by atoms with Gasteiger partial charge in [-0.05, 0) is 47.0 Å². The van der Waals surface area contributed by atoms with Crippen LogP contribution in [0.5, 0.6) is 5.75 Å². The molecule has 2 rings (SSSR count). The molecule has 1 aromatic carbocycles. The van der Waals surface area contributed by atoms with E-state index in [0.717, 1.165) is 29.5 Å². The molecular formula is C27H39ClO3. The number of benzene rings is 1. The van der Waals surface area contributed by atoms with Gasteiger partial charge in [0.15, 0.2) is 0 Å². The van der Waals surface area contributed by atoms with Gasteiger partial charge in [0.2, 0.25) is 0 Å². The Morgan fingerprint density at radius 1 is 1.10 bits per heavy atom. The van der Waals surface area contributed by atoms with Crippen LogP contribution in [0.1, 0.15) is 97.8 Å². The summed E-state index contributed by atoms with van der Waals surface area (Å²) in [5.74, 6) is -1.32. The van der Waals surface area contributed by atoms with E-state index < -0.39 is 17.3 Å². The maximum atomic E-state index is 12.3. The molecule has 172 valence electrons. The van der Waals surface area contributed by atoms with Gasteiger partial charge in [0.05, 0.1) is 5.92 Å². The van der Waals surface area contributed by atoms with Gasteiger partial charge < -0.3 is 10.2 Å². The number of phenolic OH excluding ortho intramolecular Hbond substituents is 1. The molecule has 2 atom stereocenters. The number of aliphatic carboxylic acids is 1. The van der Waals surface area contributed by atoms with E-state index >= 15 is 0 Å². The van der Waals surface area contributed by atoms with Crippen molar-refractivity contribution in [1.82, 2.24) is 0 Å². The summed E-state index contributed by atoms with van der Waals surface area (Å²) in [6.45, 7) is 16.8. The Morgan fingerprint density at radius 2 is 1.71 bits per heavy atom. The highest BCUT2D eigenvalue weighted by Crippen LogP contribution is 2.56. The molecule has 0 amide bonds. The molecule has 0 aliphatic heterocycles. The minimum atomic E-state index is -0.849. The number of rotatable bonds is 6. The quantitative estimate of drug-likeness (QED) is 0.468. The fraction of sp³-hybridized carbons (Fsp3) is 0.593. The molecule has 31 heavy (non-hydrogen) atoms. The lowest BCUT2D eigenvalue weighted by molar-refractivity contribution is -0.143. The Labute approximate surface area is 193 Å². The largest absolute Gasteiger partial charge is 0.507 e. The molecule has 2 N–H and O–H groups in total. The smallest absolute Gasteiger partial charge is 0.311 e. The molecule has 1 aliphatic rings. The molecule has 0 bridgehead atoms. The number of halogens is 1. The third kappa shape index (κ3) is 4.87. The van der Waals surface area contributed by atoms with Crippen molar-refractivity contribution in [3.63, 3.8) is 0 Å². The minimum Gasteiger partial charge on any atom is -0.507 e. The van der Waals surface area contributed by atoms with E-state index in [1.807, 2.05) is 13.0 Å². The van der Waals surface area contributed by atoms with Gasteiger partial charge in [-0.25, -0.2) is 0 Å². The standard InChI is InChI=1S/C27H39ClO3/c1-9-11-14-27(10-2)19(24(30)31)12-13-21(28)22(27)18-15-17(25(3,4)5)16-20(23(18)29)26(6,7)8/h12-13,15-16,19,29H,9-11,14H2,1-8H3,(H,30,31). The monoisotopic (exact) mass is 446 g/mol. The molecule has 0 saturated carbocycles. The highest BCUT2D eigenvalue weighted by molar-refractivity contribution is 6.35. The molecular weight excluding hydrogens is 408 g/mol. The van der Waals surface area contributed by atoms with E-state index in [4.69, 9.17) is 11.6 Å². The second-order valence-corrected chi connectivity index (χ2v) is 11.3. The lowest BCUT2D eigenvalue weighted by Crippen LogP contribution is -2.38. The molecule has 0 spiro atoms. The Hall–Kier alpha value is -1.74. The summed E-state index contributed by atoms with van der Waals surface area (Å²) in [5, 5.41) is 22.1. The average molecular weight is 447 g/mol. The van der Waals surface area contributed by atoms with Crippen molar-refractivity contribution in [3.8, 4) is 5.75 Å². The van der Waals surface area contributed by atoms with E-state index in [9.17, 15) is 15.0 Å². The van der Waals surface area contributed by atoms with Gasteiger partial charge >= 0.3 is 5.97 Å². The van der Waals surface area contributed by atoms with Crippen molar-refractivity contribution in [3.05, 3.63) is 46.0 Å². The number of aromatic hydroxyl groups is 1. The van der Waals surface area contributed by atoms with Crippen LogP contribution in [0, 0.1) is 11.3 Å². The Bertz CT molecular complexity index is 896. The third-order valence-electron chi connectivity index (χ3n) is 6.69. The first-order valence-corrected chi connectivity index (χ1v) is 11.8. The van der Waals surface area contributed by atoms with Gasteiger partial charge in [0, 0.05) is 21.6 Å². The van der Waals surface area contributed by atoms with Crippen molar-refractivity contribution in [2.45, 2.75) is 91.9 Å². The van der Waals surface area contributed by atoms with Crippen molar-refractivity contribution >= 4 is 23.1 Å². The molecule has 0 aromatic heterocycles. The third-order valence-corrected chi connectivity index (χ3v) is 7.01. The normalized spacial score (nSPS) is 22.2. The molecule has 0 heterocycles. The van der Waals surface area contributed by atoms with Gasteiger partial charge in [-0.15, -0.1) is 0 Å². The molecule has 1 aliphatic carbocycles. The lowest BCUT2D eigenvalue weighted by Gasteiger charge is -2.43. The second kappa shape index (κ2) is 9.02. The van der Waals surface area contributed by atoms with Gasteiger partial charge in [-0.3, -0.25) is 4.79 Å². The van der Waals surface area contributed by atoms with Crippen LogP contribution in [-0.2, 0) is 15.6 Å². The van der Waals surface area contributed by atoms with Gasteiger partial charge in [-0.2, -0.15) is 0 Å². The van der Waals surface area contributed by atoms with Crippen molar-refractivity contribution < 1.29 is 15.0 Å². The first kappa shape index (κ1) is 25.5. The summed E-state index contributed by atoms with van der Waals surface area (Å²) in [6, 6.07) is 4.11. The van der Waals surface area contributed by atoms with E-state index in [1.165, 1.54) is 0 Å². The number of hydrogen-bond donors (Lipinski definition) is 2. The highest BCUT2D eigenvalue weighted by Gasteiger charge is 2.47. The Kier molecular flexibility index (Phi) is 7.42. The lowest BCUT2D eigenvalue weighted by atomic mass is 9.60. The molecule has 2 unspecified atom stereocenters. The molecule has 4 heteroatoms. The maximum absolute atomic E-state index is 12.3.